The van der Waals surface area contributed by atoms with Crippen LogP contribution in [0.3, 0.4) is 0 Å². The number of rotatable bonds is 4. The summed E-state index contributed by atoms with van der Waals surface area (Å²) < 4.78 is 7.26. The molecule has 0 aliphatic rings. The summed E-state index contributed by atoms with van der Waals surface area (Å²) in [6.45, 7) is 2.27. The first-order valence-electron chi connectivity index (χ1n) is 6.99. The van der Waals surface area contributed by atoms with Crippen molar-refractivity contribution < 1.29 is 9.53 Å². The monoisotopic (exact) mass is 313 g/mol. The second-order valence-electron chi connectivity index (χ2n) is 5.16. The molecule has 2 heterocycles. The molecule has 118 valence electrons. The lowest BCUT2D eigenvalue weighted by atomic mass is 10.1. The van der Waals surface area contributed by atoms with Crippen LogP contribution in [0.1, 0.15) is 11.1 Å². The molecular weight excluding hydrogens is 298 g/mol. The minimum atomic E-state index is -0.528. The Bertz CT molecular complexity index is 911. The van der Waals surface area contributed by atoms with Crippen molar-refractivity contribution in [1.82, 2.24) is 24.5 Å². The molecule has 1 aromatic carbocycles. The molecule has 8 nitrogen and oxygen atoms in total. The van der Waals surface area contributed by atoms with Crippen molar-refractivity contribution in [2.24, 2.45) is 0 Å². The van der Waals surface area contributed by atoms with Crippen LogP contribution in [-0.2, 0) is 22.6 Å². The van der Waals surface area contributed by atoms with E-state index in [0.717, 1.165) is 10.1 Å². The molecule has 0 unspecified atom stereocenters. The van der Waals surface area contributed by atoms with E-state index in [9.17, 15) is 9.59 Å². The third-order valence-electron chi connectivity index (χ3n) is 3.47. The largest absolute Gasteiger partial charge is 0.468 e. The van der Waals surface area contributed by atoms with Crippen LogP contribution in [0.15, 0.2) is 35.4 Å². The van der Waals surface area contributed by atoms with Crippen LogP contribution >= 0.6 is 0 Å². The number of aromatic nitrogens is 5. The molecule has 23 heavy (non-hydrogen) atoms. The van der Waals surface area contributed by atoms with E-state index in [-0.39, 0.29) is 12.1 Å². The lowest BCUT2D eigenvalue weighted by Gasteiger charge is -2.04. The third-order valence-corrected chi connectivity index (χ3v) is 3.47. The summed E-state index contributed by atoms with van der Waals surface area (Å²) in [5.41, 5.74) is 2.29. The molecule has 0 atom stereocenters. The molecule has 0 aliphatic heterocycles. The summed E-state index contributed by atoms with van der Waals surface area (Å²) in [7, 11) is 1.26. The smallest absolute Gasteiger partial charge is 0.325 e. The molecule has 0 radical (unpaired) electrons. The standard InChI is InChI=1S/C15H15N5O3/c1-10-3-5-11(6-4-10)7-20-14-13(17-18-20)15(22)19(9-16-14)8-12(21)23-2/h3-6,9H,7-8H2,1-2H3. The summed E-state index contributed by atoms with van der Waals surface area (Å²) in [6.07, 6.45) is 1.30. The zero-order valence-electron chi connectivity index (χ0n) is 12.8. The Kier molecular flexibility index (Phi) is 3.88. The molecule has 0 bridgehead atoms. The Hall–Kier alpha value is -3.03. The summed E-state index contributed by atoms with van der Waals surface area (Å²) in [5.74, 6) is -0.528. The van der Waals surface area contributed by atoms with Gasteiger partial charge in [-0.3, -0.25) is 14.2 Å². The minimum absolute atomic E-state index is 0.128. The zero-order chi connectivity index (χ0) is 16.4. The highest BCUT2D eigenvalue weighted by molar-refractivity contribution is 5.71. The van der Waals surface area contributed by atoms with Crippen molar-refractivity contribution in [2.45, 2.75) is 20.0 Å². The van der Waals surface area contributed by atoms with E-state index < -0.39 is 11.5 Å². The summed E-state index contributed by atoms with van der Waals surface area (Å²) in [6, 6.07) is 7.99. The van der Waals surface area contributed by atoms with Crippen LogP contribution in [0, 0.1) is 6.92 Å². The fourth-order valence-corrected chi connectivity index (χ4v) is 2.18. The van der Waals surface area contributed by atoms with Gasteiger partial charge in [0.25, 0.3) is 5.56 Å². The normalized spacial score (nSPS) is 10.9. The minimum Gasteiger partial charge on any atom is -0.468 e. The maximum atomic E-state index is 12.3. The molecule has 0 amide bonds. The molecule has 0 spiro atoms. The van der Waals surface area contributed by atoms with Crippen LogP contribution in [0.4, 0.5) is 0 Å². The first-order chi connectivity index (χ1) is 11.1. The fourth-order valence-electron chi connectivity index (χ4n) is 2.18. The van der Waals surface area contributed by atoms with E-state index in [0.29, 0.717) is 12.2 Å². The van der Waals surface area contributed by atoms with Crippen molar-refractivity contribution in [3.05, 3.63) is 52.1 Å². The van der Waals surface area contributed by atoms with Gasteiger partial charge in [0.05, 0.1) is 13.7 Å². The maximum absolute atomic E-state index is 12.3. The highest BCUT2D eigenvalue weighted by atomic mass is 16.5. The average molecular weight is 313 g/mol. The number of carbonyl (C=O) groups is 1. The Morgan fingerprint density at radius 2 is 2.00 bits per heavy atom. The summed E-state index contributed by atoms with van der Waals surface area (Å²) >= 11 is 0. The number of benzene rings is 1. The number of nitrogens with zero attached hydrogens (tertiary/aromatic N) is 5. The van der Waals surface area contributed by atoms with Gasteiger partial charge in [-0.1, -0.05) is 35.0 Å². The van der Waals surface area contributed by atoms with Gasteiger partial charge in [0.15, 0.2) is 11.2 Å². The molecule has 8 heteroatoms. The lowest BCUT2D eigenvalue weighted by Crippen LogP contribution is -2.25. The lowest BCUT2D eigenvalue weighted by molar-refractivity contribution is -0.141. The van der Waals surface area contributed by atoms with Crippen molar-refractivity contribution in [3.63, 3.8) is 0 Å². The molecule has 3 rings (SSSR count). The maximum Gasteiger partial charge on any atom is 0.325 e. The predicted molar refractivity (Wildman–Crippen MR) is 81.9 cm³/mol. The van der Waals surface area contributed by atoms with Gasteiger partial charge in [0.1, 0.15) is 12.9 Å². The fraction of sp³-hybridized carbons (Fsp3) is 0.267. The van der Waals surface area contributed by atoms with Crippen molar-refractivity contribution in [1.29, 1.82) is 0 Å². The van der Waals surface area contributed by atoms with Crippen LogP contribution in [0.5, 0.6) is 0 Å². The van der Waals surface area contributed by atoms with Crippen molar-refractivity contribution in [2.75, 3.05) is 7.11 Å². The number of hydrogen-bond donors (Lipinski definition) is 0. The van der Waals surface area contributed by atoms with E-state index in [1.807, 2.05) is 31.2 Å². The number of hydrogen-bond acceptors (Lipinski definition) is 6. The Balaban J connectivity index is 1.95. The van der Waals surface area contributed by atoms with E-state index in [1.165, 1.54) is 19.0 Å². The number of ether oxygens (including phenoxy) is 1. The van der Waals surface area contributed by atoms with Crippen LogP contribution in [0.25, 0.3) is 11.2 Å². The van der Waals surface area contributed by atoms with E-state index in [4.69, 9.17) is 0 Å². The Labute approximate surface area is 131 Å². The highest BCUT2D eigenvalue weighted by Gasteiger charge is 2.14. The first kappa shape index (κ1) is 14.9. The van der Waals surface area contributed by atoms with Gasteiger partial charge in [0.2, 0.25) is 0 Å². The number of aryl methyl sites for hydroxylation is 1. The number of esters is 1. The van der Waals surface area contributed by atoms with Crippen LogP contribution in [-0.4, -0.2) is 37.6 Å². The molecule has 0 aliphatic carbocycles. The number of fused-ring (bicyclic) bond motifs is 1. The zero-order valence-corrected chi connectivity index (χ0v) is 12.8. The molecule has 0 saturated carbocycles. The van der Waals surface area contributed by atoms with Gasteiger partial charge in [-0.2, -0.15) is 0 Å². The van der Waals surface area contributed by atoms with Crippen LogP contribution < -0.4 is 5.56 Å². The third kappa shape index (κ3) is 2.96. The Morgan fingerprint density at radius 1 is 1.26 bits per heavy atom. The van der Waals surface area contributed by atoms with E-state index in [1.54, 1.807) is 4.68 Å². The average Bonchev–Trinajstić information content (AvgIpc) is 2.96. The van der Waals surface area contributed by atoms with Gasteiger partial charge >= 0.3 is 5.97 Å². The molecule has 0 N–H and O–H groups in total. The quantitative estimate of drug-likeness (QED) is 0.652. The van der Waals surface area contributed by atoms with Gasteiger partial charge in [-0.05, 0) is 12.5 Å². The van der Waals surface area contributed by atoms with E-state index >= 15 is 0 Å². The second-order valence-corrected chi connectivity index (χ2v) is 5.16. The van der Waals surface area contributed by atoms with Crippen molar-refractivity contribution >= 4 is 17.1 Å². The molecule has 0 fully saturated rings. The highest BCUT2D eigenvalue weighted by Crippen LogP contribution is 2.08. The van der Waals surface area contributed by atoms with Gasteiger partial charge < -0.3 is 4.74 Å². The summed E-state index contributed by atoms with van der Waals surface area (Å²) in [4.78, 5) is 27.8. The van der Waals surface area contributed by atoms with Crippen LogP contribution in [0.2, 0.25) is 0 Å². The van der Waals surface area contributed by atoms with Gasteiger partial charge in [-0.15, -0.1) is 5.10 Å². The molecule has 3 aromatic rings. The first-order valence-corrected chi connectivity index (χ1v) is 6.99. The molecular formula is C15H15N5O3. The second kappa shape index (κ2) is 5.99. The van der Waals surface area contributed by atoms with Gasteiger partial charge in [0, 0.05) is 0 Å². The predicted octanol–water partition coefficient (Wildman–Crippen LogP) is 0.518. The number of methoxy groups -OCH3 is 1. The van der Waals surface area contributed by atoms with E-state index in [2.05, 4.69) is 20.0 Å². The topological polar surface area (TPSA) is 91.9 Å². The SMILES string of the molecule is COC(=O)Cn1cnc2c(nnn2Cc2ccc(C)cc2)c1=O. The molecule has 2 aromatic heterocycles. The van der Waals surface area contributed by atoms with Gasteiger partial charge in [-0.25, -0.2) is 9.67 Å². The number of carbonyl (C=O) groups excluding carboxylic acids is 1. The summed E-state index contributed by atoms with van der Waals surface area (Å²) in [5, 5.41) is 7.88. The Morgan fingerprint density at radius 3 is 2.70 bits per heavy atom. The molecule has 0 saturated heterocycles. The van der Waals surface area contributed by atoms with Crippen molar-refractivity contribution in [3.8, 4) is 0 Å².